The van der Waals surface area contributed by atoms with Gasteiger partial charge in [-0.3, -0.25) is 62.3 Å². The number of unbranched alkanes of at least 4 members (excludes halogenated alkanes) is 1. The van der Waals surface area contributed by atoms with Crippen LogP contribution < -0.4 is 81.0 Å². The molecule has 0 saturated heterocycles. The first kappa shape index (κ1) is 76.3. The smallest absolute Gasteiger partial charge is 0.326 e. The van der Waals surface area contributed by atoms with Gasteiger partial charge in [-0.15, -0.1) is 0 Å². The second-order valence-corrected chi connectivity index (χ2v) is 20.6. The molecule has 0 aliphatic heterocycles. The lowest BCUT2D eigenvalue weighted by Gasteiger charge is -2.30. The van der Waals surface area contributed by atoms with Crippen molar-refractivity contribution >= 4 is 82.8 Å². The van der Waals surface area contributed by atoms with Gasteiger partial charge in [0.15, 0.2) is 0 Å². The van der Waals surface area contributed by atoms with Crippen LogP contribution in [-0.4, -0.2) is 220 Å². The van der Waals surface area contributed by atoms with Crippen LogP contribution in [0, 0.1) is 11.8 Å². The minimum atomic E-state index is -1.79. The highest BCUT2D eigenvalue weighted by Crippen LogP contribution is 2.12. The number of carbonyl (C=O) groups is 14. The summed E-state index contributed by atoms with van der Waals surface area (Å²) < 4.78 is 0. The van der Waals surface area contributed by atoms with Crippen molar-refractivity contribution in [1.29, 1.82) is 0 Å². The molecule has 0 aliphatic rings. The highest BCUT2D eigenvalue weighted by atomic mass is 16.4. The average Bonchev–Trinajstić information content (AvgIpc) is 3.62. The number of rotatable bonds is 40. The van der Waals surface area contributed by atoms with Crippen LogP contribution in [-0.2, 0) is 67.1 Å². The van der Waals surface area contributed by atoms with Crippen LogP contribution in [0.3, 0.4) is 0 Å². The Morgan fingerprint density at radius 2 is 0.845 bits per heavy atom. The van der Waals surface area contributed by atoms with Crippen LogP contribution in [0.4, 0.5) is 0 Å². The molecule has 13 amide bonds. The topological polar surface area (TPSA) is 563 Å². The Bertz CT molecular complexity index is 2270. The van der Waals surface area contributed by atoms with E-state index in [-0.39, 0.29) is 51.0 Å². The Morgan fingerprint density at radius 1 is 0.429 bits per heavy atom. The second-order valence-electron chi connectivity index (χ2n) is 20.6. The van der Waals surface area contributed by atoms with E-state index in [4.69, 9.17) is 17.2 Å². The number of aliphatic hydroxyl groups is 4. The molecule has 0 heterocycles. The van der Waals surface area contributed by atoms with Crippen LogP contribution in [0.5, 0.6) is 0 Å². The minimum Gasteiger partial charge on any atom is -0.480 e. The van der Waals surface area contributed by atoms with Crippen molar-refractivity contribution in [2.24, 2.45) is 29.0 Å². The van der Waals surface area contributed by atoms with Crippen LogP contribution in [0.15, 0.2) is 0 Å². The summed E-state index contributed by atoms with van der Waals surface area (Å²) in [5, 5.41) is 78.2. The molecule has 0 fully saturated rings. The quantitative estimate of drug-likeness (QED) is 0.0253. The number of carboxylic acids is 1. The monoisotopic (exact) mass is 1200 g/mol. The Hall–Kier alpha value is -7.66. The van der Waals surface area contributed by atoms with E-state index in [2.05, 4.69) is 63.8 Å². The van der Waals surface area contributed by atoms with Gasteiger partial charge < -0.3 is 107 Å². The zero-order valence-corrected chi connectivity index (χ0v) is 48.8. The minimum absolute atomic E-state index is 0.0703. The maximum atomic E-state index is 13.8. The van der Waals surface area contributed by atoms with Gasteiger partial charge in [0.05, 0.1) is 50.6 Å². The number of aliphatic carboxylic acids is 1. The molecule has 0 saturated carbocycles. The lowest BCUT2D eigenvalue weighted by molar-refractivity contribution is -0.142. The van der Waals surface area contributed by atoms with Crippen molar-refractivity contribution in [2.45, 2.75) is 186 Å². The van der Waals surface area contributed by atoms with E-state index < -0.39 is 194 Å². The van der Waals surface area contributed by atoms with E-state index in [1.165, 1.54) is 20.8 Å². The third-order valence-corrected chi connectivity index (χ3v) is 12.5. The summed E-state index contributed by atoms with van der Waals surface area (Å²) in [5.74, 6) is -14.7. The summed E-state index contributed by atoms with van der Waals surface area (Å²) >= 11 is 0. The van der Waals surface area contributed by atoms with Crippen molar-refractivity contribution < 1.29 is 92.7 Å². The molecule has 34 heteroatoms. The fourth-order valence-electron chi connectivity index (χ4n) is 7.34. The maximum absolute atomic E-state index is 13.8. The fourth-order valence-corrected chi connectivity index (χ4v) is 7.34. The van der Waals surface area contributed by atoms with Gasteiger partial charge in [-0.25, -0.2) is 4.79 Å². The SMILES string of the molecule is CC[C@H](C)[C@H](NC(=O)[C@@H](NC(=O)[C@H](CCCCN)NC(=O)CNC(=O)[C@@H](NC(=O)[C@H](CC(C)C)NC(=O)[C@@H](N)[C@@H](C)O)[C@@H](C)O)[C@@H](C)O)C(=O)N[C@H](C(=O)NCC(=O)NCC(=O)NCC(=O)N[C@@H](C)C(=O)N[C@@H](CCC(N)=O)C(=O)O)[C@@H](C)O. The summed E-state index contributed by atoms with van der Waals surface area (Å²) in [4.78, 5) is 179. The predicted octanol–water partition coefficient (Wildman–Crippen LogP) is -9.23. The summed E-state index contributed by atoms with van der Waals surface area (Å²) in [5.41, 5.74) is 16.4. The molecule has 478 valence electrons. The molecule has 0 spiro atoms. The number of nitrogens with one attached hydrogen (secondary N) is 12. The molecule has 84 heavy (non-hydrogen) atoms. The van der Waals surface area contributed by atoms with E-state index in [0.29, 0.717) is 6.42 Å². The van der Waals surface area contributed by atoms with E-state index in [9.17, 15) is 92.7 Å². The standard InChI is InChI=1S/C50H89N15O19/c1-10-23(4)38(48(81)65-40(27(8)68)47(80)56-19-34(72)54-18-33(71)55-20-35(73)58-24(5)42(75)60-30(50(83)84)14-15-32(52)70)62-49(82)41(28(9)69)64-43(76)29(13-11-12-16-51)59-36(74)21-57-46(79)39(26(7)67)63-44(77)31(17-22(2)3)61-45(78)37(53)25(6)66/h22-31,37-41,66-69H,10-21,51,53H2,1-9H3,(H2,52,70)(H,54,72)(H,55,71)(H,56,80)(H,57,79)(H,58,73)(H,59,74)(H,60,75)(H,61,78)(H,62,82)(H,63,77)(H,64,76)(H,65,81)(H,83,84)/t23-,24-,25+,26+,27+,28+,29-,30-,31-,37-,38-,39-,40-,41-/m0/s1. The zero-order valence-electron chi connectivity index (χ0n) is 48.8. The Balaban J connectivity index is 5.82. The molecule has 0 rings (SSSR count). The summed E-state index contributed by atoms with van der Waals surface area (Å²) in [6.07, 6.45) is -5.82. The summed E-state index contributed by atoms with van der Waals surface area (Å²) in [6.45, 7) is 9.82. The first-order valence-corrected chi connectivity index (χ1v) is 27.3. The van der Waals surface area contributed by atoms with Gasteiger partial charge in [-0.05, 0) is 85.1 Å². The van der Waals surface area contributed by atoms with Crippen molar-refractivity contribution in [1.82, 2.24) is 63.8 Å². The molecular weight excluding hydrogens is 1110 g/mol. The fraction of sp³-hybridized carbons (Fsp3) is 0.720. The first-order valence-electron chi connectivity index (χ1n) is 27.3. The van der Waals surface area contributed by atoms with Crippen LogP contribution >= 0.6 is 0 Å². The number of nitrogens with two attached hydrogens (primary N) is 3. The van der Waals surface area contributed by atoms with Crippen molar-refractivity contribution in [2.75, 3.05) is 32.7 Å². The maximum Gasteiger partial charge on any atom is 0.326 e. The van der Waals surface area contributed by atoms with Crippen molar-refractivity contribution in [3.05, 3.63) is 0 Å². The number of primary amides is 1. The molecule has 0 unspecified atom stereocenters. The average molecular weight is 1200 g/mol. The molecule has 0 aliphatic carbocycles. The predicted molar refractivity (Wildman–Crippen MR) is 296 cm³/mol. The molecule has 0 bridgehead atoms. The first-order chi connectivity index (χ1) is 39.1. The molecule has 0 aromatic carbocycles. The zero-order chi connectivity index (χ0) is 64.7. The number of carboxylic acid groups (broad SMARTS) is 1. The van der Waals surface area contributed by atoms with E-state index in [0.717, 1.165) is 13.8 Å². The van der Waals surface area contributed by atoms with E-state index in [1.54, 1.807) is 27.7 Å². The van der Waals surface area contributed by atoms with Gasteiger partial charge in [-0.1, -0.05) is 34.1 Å². The molecular formula is C50H89N15O19. The molecule has 0 radical (unpaired) electrons. The molecule has 23 N–H and O–H groups in total. The Kier molecular flexibility index (Phi) is 35.4. The number of amides is 13. The number of aliphatic hydroxyl groups excluding tert-OH is 4. The van der Waals surface area contributed by atoms with Crippen LogP contribution in [0.2, 0.25) is 0 Å². The number of hydrogen-bond donors (Lipinski definition) is 20. The van der Waals surface area contributed by atoms with Gasteiger partial charge in [0.25, 0.3) is 0 Å². The number of carbonyl (C=O) groups excluding carboxylic acids is 13. The molecule has 14 atom stereocenters. The highest BCUT2D eigenvalue weighted by molar-refractivity contribution is 5.98. The second kappa shape index (κ2) is 39.0. The highest BCUT2D eigenvalue weighted by Gasteiger charge is 2.37. The number of hydrogen-bond acceptors (Lipinski definition) is 20. The Morgan fingerprint density at radius 3 is 1.30 bits per heavy atom. The molecule has 0 aromatic heterocycles. The van der Waals surface area contributed by atoms with Gasteiger partial charge in [0.1, 0.15) is 54.4 Å². The molecule has 34 nitrogen and oxygen atoms in total. The lowest BCUT2D eigenvalue weighted by atomic mass is 9.96. The van der Waals surface area contributed by atoms with Gasteiger partial charge in [0, 0.05) is 6.42 Å². The van der Waals surface area contributed by atoms with Crippen molar-refractivity contribution in [3.63, 3.8) is 0 Å². The van der Waals surface area contributed by atoms with Gasteiger partial charge in [-0.2, -0.15) is 0 Å². The van der Waals surface area contributed by atoms with Crippen LogP contribution in [0.1, 0.15) is 107 Å². The van der Waals surface area contributed by atoms with E-state index in [1.807, 2.05) is 0 Å². The van der Waals surface area contributed by atoms with Crippen molar-refractivity contribution in [3.8, 4) is 0 Å². The largest absolute Gasteiger partial charge is 0.480 e. The third kappa shape index (κ3) is 29.5. The molecule has 0 aromatic rings. The van der Waals surface area contributed by atoms with Gasteiger partial charge in [0.2, 0.25) is 76.8 Å². The van der Waals surface area contributed by atoms with Crippen LogP contribution in [0.25, 0.3) is 0 Å². The third-order valence-electron chi connectivity index (χ3n) is 12.5. The lowest BCUT2D eigenvalue weighted by Crippen LogP contribution is -2.63. The normalized spacial score (nSPS) is 16.1. The van der Waals surface area contributed by atoms with E-state index >= 15 is 0 Å². The Labute approximate surface area is 485 Å². The van der Waals surface area contributed by atoms with Gasteiger partial charge >= 0.3 is 5.97 Å². The summed E-state index contributed by atoms with van der Waals surface area (Å²) in [6, 6.07) is -13.5. The summed E-state index contributed by atoms with van der Waals surface area (Å²) in [7, 11) is 0.